The standard InChI is InChI=1S/C13H13F2IN4O2/c14-13(15)3-7(4-13)19-6-9(16)10-8(11(19)21)5-18-20(10)12-17-1-2-22-12/h5-7,12,17H,1-4H2. The molecular weight excluding hydrogens is 409 g/mol. The van der Waals surface area contributed by atoms with E-state index in [9.17, 15) is 13.6 Å². The van der Waals surface area contributed by atoms with Gasteiger partial charge in [-0.3, -0.25) is 10.1 Å². The SMILES string of the molecule is O=c1c2cnn(C3NCCO3)c2c(I)cn1C1CC(F)(F)C1. The third-order valence-corrected chi connectivity index (χ3v) is 4.91. The second-order valence-electron chi connectivity index (χ2n) is 5.64. The second kappa shape index (κ2) is 4.96. The Hall–Kier alpha value is -1.07. The lowest BCUT2D eigenvalue weighted by Gasteiger charge is -2.36. The number of halogens is 3. The quantitative estimate of drug-likeness (QED) is 0.751. The molecule has 9 heteroatoms. The topological polar surface area (TPSA) is 61.1 Å². The largest absolute Gasteiger partial charge is 0.342 e. The van der Waals surface area contributed by atoms with Crippen LogP contribution in [0.4, 0.5) is 8.78 Å². The van der Waals surface area contributed by atoms with Gasteiger partial charge in [0.1, 0.15) is 0 Å². The first-order valence-corrected chi connectivity index (χ1v) is 8.05. The summed E-state index contributed by atoms with van der Waals surface area (Å²) in [7, 11) is 0. The van der Waals surface area contributed by atoms with Crippen molar-refractivity contribution in [3.8, 4) is 0 Å². The average molecular weight is 422 g/mol. The molecule has 1 aliphatic carbocycles. The van der Waals surface area contributed by atoms with Gasteiger partial charge in [0.2, 0.25) is 6.35 Å². The molecule has 0 amide bonds. The number of fused-ring (bicyclic) bond motifs is 1. The smallest absolute Gasteiger partial charge is 0.261 e. The van der Waals surface area contributed by atoms with Crippen molar-refractivity contribution in [2.75, 3.05) is 13.2 Å². The van der Waals surface area contributed by atoms with E-state index < -0.39 is 18.3 Å². The fourth-order valence-electron chi connectivity index (χ4n) is 2.98. The molecule has 2 aliphatic rings. The lowest BCUT2D eigenvalue weighted by atomic mass is 9.88. The van der Waals surface area contributed by atoms with Crippen molar-refractivity contribution < 1.29 is 13.5 Å². The van der Waals surface area contributed by atoms with Crippen LogP contribution in [-0.2, 0) is 4.74 Å². The Labute approximate surface area is 137 Å². The van der Waals surface area contributed by atoms with Crippen LogP contribution in [0, 0.1) is 3.57 Å². The summed E-state index contributed by atoms with van der Waals surface area (Å²) in [4.78, 5) is 12.6. The zero-order valence-corrected chi connectivity index (χ0v) is 13.6. The van der Waals surface area contributed by atoms with Gasteiger partial charge in [0.15, 0.2) is 0 Å². The van der Waals surface area contributed by atoms with Gasteiger partial charge in [0.25, 0.3) is 11.5 Å². The molecule has 0 radical (unpaired) electrons. The third kappa shape index (κ3) is 2.17. The van der Waals surface area contributed by atoms with Crippen LogP contribution in [0.25, 0.3) is 10.9 Å². The second-order valence-corrected chi connectivity index (χ2v) is 6.80. The van der Waals surface area contributed by atoms with Crippen molar-refractivity contribution in [2.45, 2.75) is 31.2 Å². The normalized spacial score (nSPS) is 24.8. The van der Waals surface area contributed by atoms with Gasteiger partial charge in [-0.1, -0.05) is 0 Å². The maximum Gasteiger partial charge on any atom is 0.261 e. The Kier molecular flexibility index (Phi) is 3.28. The fourth-order valence-corrected chi connectivity index (χ4v) is 3.82. The number of hydrogen-bond donors (Lipinski definition) is 1. The summed E-state index contributed by atoms with van der Waals surface area (Å²) >= 11 is 2.10. The number of rotatable bonds is 2. The molecule has 2 aromatic rings. The maximum absolute atomic E-state index is 13.1. The Balaban J connectivity index is 1.80. The molecule has 2 fully saturated rings. The van der Waals surface area contributed by atoms with Crippen LogP contribution in [-0.4, -0.2) is 33.4 Å². The molecule has 0 spiro atoms. The van der Waals surface area contributed by atoms with Crippen molar-refractivity contribution in [1.82, 2.24) is 19.7 Å². The fraction of sp³-hybridized carbons (Fsp3) is 0.538. The molecule has 6 nitrogen and oxygen atoms in total. The summed E-state index contributed by atoms with van der Waals surface area (Å²) < 4.78 is 35.5. The van der Waals surface area contributed by atoms with Gasteiger partial charge in [-0.25, -0.2) is 13.5 Å². The van der Waals surface area contributed by atoms with Gasteiger partial charge in [-0.2, -0.15) is 5.10 Å². The molecule has 3 heterocycles. The van der Waals surface area contributed by atoms with Gasteiger partial charge in [0.05, 0.1) is 27.3 Å². The highest BCUT2D eigenvalue weighted by Gasteiger charge is 2.46. The highest BCUT2D eigenvalue weighted by atomic mass is 127. The predicted octanol–water partition coefficient (Wildman–Crippen LogP) is 1.85. The number of alkyl halides is 2. The Bertz CT molecular complexity index is 789. The summed E-state index contributed by atoms with van der Waals surface area (Å²) in [6.45, 7) is 1.30. The first-order chi connectivity index (χ1) is 10.5. The zero-order chi connectivity index (χ0) is 15.5. The van der Waals surface area contributed by atoms with Gasteiger partial charge in [-0.05, 0) is 22.6 Å². The summed E-state index contributed by atoms with van der Waals surface area (Å²) in [5.41, 5.74) is 0.396. The van der Waals surface area contributed by atoms with E-state index in [0.717, 1.165) is 10.1 Å². The molecule has 0 bridgehead atoms. The van der Waals surface area contributed by atoms with Crippen LogP contribution < -0.4 is 10.9 Å². The van der Waals surface area contributed by atoms with Crippen molar-refractivity contribution in [1.29, 1.82) is 0 Å². The van der Waals surface area contributed by atoms with Crippen LogP contribution in [0.15, 0.2) is 17.2 Å². The van der Waals surface area contributed by atoms with E-state index in [1.54, 1.807) is 10.9 Å². The molecule has 1 unspecified atom stereocenters. The first-order valence-electron chi connectivity index (χ1n) is 6.97. The monoisotopic (exact) mass is 422 g/mol. The van der Waals surface area contributed by atoms with Crippen LogP contribution in [0.3, 0.4) is 0 Å². The Morgan fingerprint density at radius 3 is 2.86 bits per heavy atom. The van der Waals surface area contributed by atoms with E-state index in [1.165, 1.54) is 10.8 Å². The molecule has 1 N–H and O–H groups in total. The van der Waals surface area contributed by atoms with E-state index in [1.807, 2.05) is 0 Å². The average Bonchev–Trinajstić information content (AvgIpc) is 3.07. The highest BCUT2D eigenvalue weighted by Crippen LogP contribution is 2.45. The number of hydrogen-bond acceptors (Lipinski definition) is 4. The lowest BCUT2D eigenvalue weighted by molar-refractivity contribution is -0.104. The number of pyridine rings is 1. The van der Waals surface area contributed by atoms with E-state index in [-0.39, 0.29) is 18.4 Å². The van der Waals surface area contributed by atoms with Crippen molar-refractivity contribution in [2.24, 2.45) is 0 Å². The minimum atomic E-state index is -2.66. The van der Waals surface area contributed by atoms with Crippen molar-refractivity contribution >= 4 is 33.5 Å². The first kappa shape index (κ1) is 14.5. The summed E-state index contributed by atoms with van der Waals surface area (Å²) in [6.07, 6.45) is 2.16. The molecule has 118 valence electrons. The minimum Gasteiger partial charge on any atom is -0.342 e. The van der Waals surface area contributed by atoms with Crippen molar-refractivity contribution in [3.05, 3.63) is 26.3 Å². The van der Waals surface area contributed by atoms with Crippen LogP contribution >= 0.6 is 22.6 Å². The predicted molar refractivity (Wildman–Crippen MR) is 82.9 cm³/mol. The molecule has 22 heavy (non-hydrogen) atoms. The number of aromatic nitrogens is 3. The highest BCUT2D eigenvalue weighted by molar-refractivity contribution is 14.1. The number of ether oxygens (including phenoxy) is 1. The maximum atomic E-state index is 13.1. The van der Waals surface area contributed by atoms with E-state index in [4.69, 9.17) is 4.74 Å². The van der Waals surface area contributed by atoms with Gasteiger partial charge in [-0.15, -0.1) is 0 Å². The van der Waals surface area contributed by atoms with Crippen molar-refractivity contribution in [3.63, 3.8) is 0 Å². The molecule has 1 saturated carbocycles. The minimum absolute atomic E-state index is 0.278. The van der Waals surface area contributed by atoms with E-state index in [0.29, 0.717) is 17.5 Å². The zero-order valence-electron chi connectivity index (χ0n) is 11.4. The van der Waals surface area contributed by atoms with E-state index >= 15 is 0 Å². The van der Waals surface area contributed by atoms with Crippen LogP contribution in [0.5, 0.6) is 0 Å². The molecule has 1 saturated heterocycles. The summed E-state index contributed by atoms with van der Waals surface area (Å²) in [6, 6.07) is -0.440. The van der Waals surface area contributed by atoms with Gasteiger partial charge in [0, 0.05) is 31.6 Å². The molecule has 4 rings (SSSR count). The summed E-state index contributed by atoms with van der Waals surface area (Å²) in [5, 5.41) is 7.80. The number of nitrogens with zero attached hydrogens (tertiary/aromatic N) is 3. The Morgan fingerprint density at radius 1 is 1.45 bits per heavy atom. The van der Waals surface area contributed by atoms with Crippen LogP contribution in [0.2, 0.25) is 0 Å². The Morgan fingerprint density at radius 2 is 2.23 bits per heavy atom. The van der Waals surface area contributed by atoms with Gasteiger partial charge >= 0.3 is 0 Å². The molecule has 2 aromatic heterocycles. The lowest BCUT2D eigenvalue weighted by Crippen LogP contribution is -2.41. The summed E-state index contributed by atoms with van der Waals surface area (Å²) in [5.74, 6) is -2.66. The van der Waals surface area contributed by atoms with Crippen LogP contribution in [0.1, 0.15) is 25.2 Å². The molecule has 1 atom stereocenters. The molecule has 1 aliphatic heterocycles. The molecular formula is C13H13F2IN4O2. The third-order valence-electron chi connectivity index (χ3n) is 4.12. The van der Waals surface area contributed by atoms with E-state index in [2.05, 4.69) is 33.0 Å². The number of nitrogens with one attached hydrogen (secondary N) is 1. The molecule has 0 aromatic carbocycles. The van der Waals surface area contributed by atoms with Gasteiger partial charge < -0.3 is 9.30 Å².